The van der Waals surface area contributed by atoms with Crippen LogP contribution >= 0.6 is 0 Å². The fourth-order valence-electron chi connectivity index (χ4n) is 2.28. The average Bonchev–Trinajstić information content (AvgIpc) is 3.20. The fourth-order valence-corrected chi connectivity index (χ4v) is 2.28. The third kappa shape index (κ3) is 4.83. The Morgan fingerprint density at radius 3 is 2.84 bits per heavy atom. The summed E-state index contributed by atoms with van der Waals surface area (Å²) in [4.78, 5) is 6.99. The Labute approximate surface area is 117 Å². The van der Waals surface area contributed by atoms with Gasteiger partial charge in [0.1, 0.15) is 0 Å². The highest BCUT2D eigenvalue weighted by Crippen LogP contribution is 2.31. The molecule has 0 spiro atoms. The summed E-state index contributed by atoms with van der Waals surface area (Å²) in [6.07, 6.45) is 5.97. The zero-order valence-corrected chi connectivity index (χ0v) is 12.5. The summed E-state index contributed by atoms with van der Waals surface area (Å²) in [6.45, 7) is 9.81. The van der Waals surface area contributed by atoms with Crippen LogP contribution in [0.2, 0.25) is 0 Å². The molecule has 0 saturated heterocycles. The molecule has 0 amide bonds. The Hall–Kier alpha value is -1.09. The van der Waals surface area contributed by atoms with Gasteiger partial charge in [0.05, 0.1) is 5.69 Å². The van der Waals surface area contributed by atoms with Crippen LogP contribution in [0.3, 0.4) is 0 Å². The minimum Gasteiger partial charge on any atom is -0.371 e. The molecule has 0 unspecified atom stereocenters. The van der Waals surface area contributed by atoms with E-state index in [2.05, 4.69) is 48.1 Å². The lowest BCUT2D eigenvalue weighted by Gasteiger charge is -2.24. The van der Waals surface area contributed by atoms with Crippen LogP contribution in [0.1, 0.15) is 45.7 Å². The van der Waals surface area contributed by atoms with Crippen molar-refractivity contribution in [1.29, 1.82) is 0 Å². The summed E-state index contributed by atoms with van der Waals surface area (Å²) in [5, 5.41) is 3.43. The maximum Gasteiger partial charge on any atom is 0.0562 e. The highest BCUT2D eigenvalue weighted by atomic mass is 15.1. The van der Waals surface area contributed by atoms with Gasteiger partial charge in [-0.15, -0.1) is 0 Å². The SMILES string of the molecule is CCCN(CC1CC1)c1ccnc(CNC(C)C)c1. The van der Waals surface area contributed by atoms with Crippen molar-refractivity contribution >= 4 is 5.69 Å². The molecule has 1 aromatic rings. The van der Waals surface area contributed by atoms with E-state index in [1.165, 1.54) is 31.5 Å². The van der Waals surface area contributed by atoms with Crippen LogP contribution in [-0.4, -0.2) is 24.1 Å². The van der Waals surface area contributed by atoms with E-state index < -0.39 is 0 Å². The molecule has 1 fully saturated rings. The van der Waals surface area contributed by atoms with E-state index >= 15 is 0 Å². The number of rotatable bonds is 8. The number of hydrogen-bond donors (Lipinski definition) is 1. The number of hydrogen-bond acceptors (Lipinski definition) is 3. The molecule has 19 heavy (non-hydrogen) atoms. The Morgan fingerprint density at radius 2 is 2.21 bits per heavy atom. The second kappa shape index (κ2) is 6.90. The van der Waals surface area contributed by atoms with E-state index in [0.29, 0.717) is 6.04 Å². The highest BCUT2D eigenvalue weighted by Gasteiger charge is 2.24. The first-order chi connectivity index (χ1) is 9.19. The van der Waals surface area contributed by atoms with Crippen LogP contribution in [0.5, 0.6) is 0 Å². The smallest absolute Gasteiger partial charge is 0.0562 e. The third-order valence-electron chi connectivity index (χ3n) is 3.53. The standard InChI is InChI=1S/C16H27N3/c1-4-9-19(12-14-5-6-14)16-7-8-17-15(10-16)11-18-13(2)3/h7-8,10,13-14,18H,4-6,9,11-12H2,1-3H3. The molecule has 1 aliphatic rings. The topological polar surface area (TPSA) is 28.2 Å². The Balaban J connectivity index is 2.01. The summed E-state index contributed by atoms with van der Waals surface area (Å²) in [5.74, 6) is 0.928. The minimum atomic E-state index is 0.503. The molecule has 1 heterocycles. The van der Waals surface area contributed by atoms with Gasteiger partial charge in [-0.1, -0.05) is 20.8 Å². The van der Waals surface area contributed by atoms with Gasteiger partial charge in [-0.2, -0.15) is 0 Å². The van der Waals surface area contributed by atoms with E-state index in [1.54, 1.807) is 0 Å². The molecular formula is C16H27N3. The second-order valence-corrected chi connectivity index (χ2v) is 5.93. The van der Waals surface area contributed by atoms with Crippen molar-refractivity contribution in [2.24, 2.45) is 5.92 Å². The molecule has 0 radical (unpaired) electrons. The minimum absolute atomic E-state index is 0.503. The number of nitrogens with one attached hydrogen (secondary N) is 1. The van der Waals surface area contributed by atoms with Gasteiger partial charge >= 0.3 is 0 Å². The summed E-state index contributed by atoms with van der Waals surface area (Å²) < 4.78 is 0. The molecule has 3 heteroatoms. The first-order valence-electron chi connectivity index (χ1n) is 7.62. The fraction of sp³-hybridized carbons (Fsp3) is 0.688. The van der Waals surface area contributed by atoms with Crippen LogP contribution < -0.4 is 10.2 Å². The van der Waals surface area contributed by atoms with Gasteiger partial charge in [0, 0.05) is 37.6 Å². The zero-order valence-electron chi connectivity index (χ0n) is 12.5. The van der Waals surface area contributed by atoms with Crippen molar-refractivity contribution in [2.45, 2.75) is 52.6 Å². The van der Waals surface area contributed by atoms with Crippen molar-refractivity contribution in [3.05, 3.63) is 24.0 Å². The van der Waals surface area contributed by atoms with Crippen LogP contribution in [-0.2, 0) is 6.54 Å². The van der Waals surface area contributed by atoms with E-state index in [-0.39, 0.29) is 0 Å². The summed E-state index contributed by atoms with van der Waals surface area (Å²) in [6, 6.07) is 4.90. The third-order valence-corrected chi connectivity index (χ3v) is 3.53. The molecule has 0 aromatic carbocycles. The van der Waals surface area contributed by atoms with Gasteiger partial charge in [-0.05, 0) is 37.3 Å². The van der Waals surface area contributed by atoms with Crippen molar-refractivity contribution in [1.82, 2.24) is 10.3 Å². The Morgan fingerprint density at radius 1 is 1.42 bits per heavy atom. The predicted octanol–water partition coefficient (Wildman–Crippen LogP) is 3.21. The van der Waals surface area contributed by atoms with Gasteiger partial charge in [0.25, 0.3) is 0 Å². The molecule has 0 atom stereocenters. The van der Waals surface area contributed by atoms with E-state index in [9.17, 15) is 0 Å². The summed E-state index contributed by atoms with van der Waals surface area (Å²) in [5.41, 5.74) is 2.48. The maximum atomic E-state index is 4.46. The van der Waals surface area contributed by atoms with Gasteiger partial charge in [0.15, 0.2) is 0 Å². The number of anilines is 1. The quantitative estimate of drug-likeness (QED) is 0.779. The van der Waals surface area contributed by atoms with Crippen molar-refractivity contribution in [2.75, 3.05) is 18.0 Å². The molecule has 1 aromatic heterocycles. The molecule has 1 N–H and O–H groups in total. The molecular weight excluding hydrogens is 234 g/mol. The summed E-state index contributed by atoms with van der Waals surface area (Å²) in [7, 11) is 0. The van der Waals surface area contributed by atoms with Crippen LogP contribution in [0, 0.1) is 5.92 Å². The molecule has 3 nitrogen and oxygen atoms in total. The average molecular weight is 261 g/mol. The first kappa shape index (κ1) is 14.3. The highest BCUT2D eigenvalue weighted by molar-refractivity contribution is 5.46. The number of nitrogens with zero attached hydrogens (tertiary/aromatic N) is 2. The molecule has 1 saturated carbocycles. The lowest BCUT2D eigenvalue weighted by molar-refractivity contribution is 0.581. The molecule has 0 aliphatic heterocycles. The van der Waals surface area contributed by atoms with Crippen LogP contribution in [0.4, 0.5) is 5.69 Å². The predicted molar refractivity (Wildman–Crippen MR) is 81.4 cm³/mol. The van der Waals surface area contributed by atoms with Crippen LogP contribution in [0.25, 0.3) is 0 Å². The first-order valence-corrected chi connectivity index (χ1v) is 7.62. The zero-order chi connectivity index (χ0) is 13.7. The largest absolute Gasteiger partial charge is 0.371 e. The van der Waals surface area contributed by atoms with Crippen molar-refractivity contribution in [3.8, 4) is 0 Å². The van der Waals surface area contributed by atoms with Gasteiger partial charge in [0.2, 0.25) is 0 Å². The molecule has 1 aliphatic carbocycles. The normalized spacial score (nSPS) is 14.9. The Bertz CT molecular complexity index is 385. The summed E-state index contributed by atoms with van der Waals surface area (Å²) >= 11 is 0. The molecule has 0 bridgehead atoms. The maximum absolute atomic E-state index is 4.46. The van der Waals surface area contributed by atoms with Crippen molar-refractivity contribution < 1.29 is 0 Å². The lowest BCUT2D eigenvalue weighted by Crippen LogP contribution is -2.27. The molecule has 106 valence electrons. The van der Waals surface area contributed by atoms with Gasteiger partial charge in [-0.3, -0.25) is 4.98 Å². The van der Waals surface area contributed by atoms with E-state index in [1.807, 2.05) is 6.20 Å². The molecule has 2 rings (SSSR count). The van der Waals surface area contributed by atoms with Crippen LogP contribution in [0.15, 0.2) is 18.3 Å². The van der Waals surface area contributed by atoms with Gasteiger partial charge < -0.3 is 10.2 Å². The number of pyridine rings is 1. The van der Waals surface area contributed by atoms with Crippen molar-refractivity contribution in [3.63, 3.8) is 0 Å². The second-order valence-electron chi connectivity index (χ2n) is 5.93. The number of aromatic nitrogens is 1. The van der Waals surface area contributed by atoms with Gasteiger partial charge in [-0.25, -0.2) is 0 Å². The Kier molecular flexibility index (Phi) is 5.20. The lowest BCUT2D eigenvalue weighted by atomic mass is 10.2. The van der Waals surface area contributed by atoms with E-state index in [4.69, 9.17) is 0 Å². The van der Waals surface area contributed by atoms with E-state index in [0.717, 1.165) is 24.7 Å². The monoisotopic (exact) mass is 261 g/mol.